The summed E-state index contributed by atoms with van der Waals surface area (Å²) in [6.45, 7) is 0. The van der Waals surface area contributed by atoms with Crippen molar-refractivity contribution in [3.8, 4) is 5.69 Å². The van der Waals surface area contributed by atoms with Gasteiger partial charge < -0.3 is 10.4 Å². The van der Waals surface area contributed by atoms with Crippen molar-refractivity contribution in [3.63, 3.8) is 0 Å². The van der Waals surface area contributed by atoms with Gasteiger partial charge in [-0.25, -0.2) is 8.78 Å². The third kappa shape index (κ3) is 4.48. The van der Waals surface area contributed by atoms with Crippen LogP contribution in [0.4, 0.5) is 8.78 Å². The Hall–Kier alpha value is -2.55. The second kappa shape index (κ2) is 9.13. The molecule has 0 saturated heterocycles. The molecule has 0 aliphatic heterocycles. The Balaban J connectivity index is 1.74. The van der Waals surface area contributed by atoms with Gasteiger partial charge in [0.15, 0.2) is 0 Å². The molecule has 1 saturated carbocycles. The minimum atomic E-state index is -1.51. The van der Waals surface area contributed by atoms with Crippen molar-refractivity contribution < 1.29 is 18.7 Å². The molecular weight excluding hydrogens is 461 g/mol. The molecule has 10 heteroatoms. The lowest BCUT2D eigenvalue weighted by molar-refractivity contribution is -0.0445. The van der Waals surface area contributed by atoms with E-state index in [-0.39, 0.29) is 41.8 Å². The van der Waals surface area contributed by atoms with Crippen LogP contribution in [0, 0.1) is 5.82 Å². The van der Waals surface area contributed by atoms with Crippen LogP contribution in [0.3, 0.4) is 0 Å². The Morgan fingerprint density at radius 2 is 1.88 bits per heavy atom. The normalized spacial score (nSPS) is 21.8. The van der Waals surface area contributed by atoms with Gasteiger partial charge in [-0.05, 0) is 55.5 Å². The SMILES string of the molecule is O=C(NC(c1cccc(F)c1Cl)[C@]1(O)CC[C@H](F)CC1)c1ccc(Cl)cc1-n1nccn1. The molecule has 0 bridgehead atoms. The lowest BCUT2D eigenvalue weighted by atomic mass is 9.76. The second-order valence-corrected chi connectivity index (χ2v) is 8.62. The number of rotatable bonds is 5. The Bertz CT molecular complexity index is 1120. The molecule has 1 aliphatic rings. The molecule has 0 radical (unpaired) electrons. The highest BCUT2D eigenvalue weighted by molar-refractivity contribution is 6.31. The molecule has 1 amide bonds. The van der Waals surface area contributed by atoms with Gasteiger partial charge in [0.2, 0.25) is 0 Å². The van der Waals surface area contributed by atoms with Crippen molar-refractivity contribution >= 4 is 29.1 Å². The molecule has 1 fully saturated rings. The van der Waals surface area contributed by atoms with Gasteiger partial charge in [-0.2, -0.15) is 15.0 Å². The van der Waals surface area contributed by atoms with Crippen LogP contribution in [0.5, 0.6) is 0 Å². The van der Waals surface area contributed by atoms with Crippen LogP contribution in [0.25, 0.3) is 5.69 Å². The maximum absolute atomic E-state index is 14.2. The largest absolute Gasteiger partial charge is 0.387 e. The summed E-state index contributed by atoms with van der Waals surface area (Å²) in [5.41, 5.74) is -0.784. The molecular formula is C22H20Cl2F2N4O2. The number of nitrogens with zero attached hydrogens (tertiary/aromatic N) is 3. The van der Waals surface area contributed by atoms with Crippen LogP contribution in [-0.4, -0.2) is 37.8 Å². The van der Waals surface area contributed by atoms with Crippen molar-refractivity contribution in [3.05, 3.63) is 75.8 Å². The standard InChI is InChI=1S/C22H20Cl2F2N4O2/c23-13-4-5-15(18(12-13)30-27-10-11-28-30)21(31)29-20(16-2-1-3-17(26)19(16)24)22(32)8-6-14(25)7-9-22/h1-5,10-12,14,20,32H,6-9H2,(H,29,31)/t14-,20?,22-. The highest BCUT2D eigenvalue weighted by Gasteiger charge is 2.43. The van der Waals surface area contributed by atoms with Crippen LogP contribution in [0.2, 0.25) is 10.0 Å². The van der Waals surface area contributed by atoms with Gasteiger partial charge in [0.25, 0.3) is 5.91 Å². The van der Waals surface area contributed by atoms with E-state index >= 15 is 0 Å². The van der Waals surface area contributed by atoms with Crippen LogP contribution >= 0.6 is 23.2 Å². The van der Waals surface area contributed by atoms with E-state index in [1.165, 1.54) is 53.6 Å². The fourth-order valence-electron chi connectivity index (χ4n) is 4.03. The fourth-order valence-corrected chi connectivity index (χ4v) is 4.43. The van der Waals surface area contributed by atoms with E-state index in [2.05, 4.69) is 15.5 Å². The molecule has 3 aromatic rings. The number of hydrogen-bond donors (Lipinski definition) is 2. The number of nitrogens with one attached hydrogen (secondary N) is 1. The van der Waals surface area contributed by atoms with Crippen LogP contribution in [-0.2, 0) is 0 Å². The number of hydrogen-bond acceptors (Lipinski definition) is 4. The first-order valence-corrected chi connectivity index (χ1v) is 10.8. The Morgan fingerprint density at radius 1 is 1.19 bits per heavy atom. The number of carbonyl (C=O) groups excluding carboxylic acids is 1. The van der Waals surface area contributed by atoms with Gasteiger partial charge in [0.1, 0.15) is 12.0 Å². The van der Waals surface area contributed by atoms with E-state index in [0.717, 1.165) is 0 Å². The molecule has 168 valence electrons. The number of alkyl halides is 1. The van der Waals surface area contributed by atoms with Gasteiger partial charge in [-0.1, -0.05) is 35.3 Å². The van der Waals surface area contributed by atoms with Crippen molar-refractivity contribution in [1.29, 1.82) is 0 Å². The zero-order valence-corrected chi connectivity index (χ0v) is 18.3. The summed E-state index contributed by atoms with van der Waals surface area (Å²) in [5.74, 6) is -1.26. The third-order valence-electron chi connectivity index (χ3n) is 5.72. The summed E-state index contributed by atoms with van der Waals surface area (Å²) < 4.78 is 28.0. The average molecular weight is 481 g/mol. The first kappa shape index (κ1) is 22.6. The van der Waals surface area contributed by atoms with Crippen LogP contribution in [0.1, 0.15) is 47.6 Å². The van der Waals surface area contributed by atoms with Gasteiger partial charge in [0.05, 0.1) is 40.3 Å². The molecule has 4 rings (SSSR count). The highest BCUT2D eigenvalue weighted by Crippen LogP contribution is 2.42. The van der Waals surface area contributed by atoms with Gasteiger partial charge in [0, 0.05) is 5.02 Å². The summed E-state index contributed by atoms with van der Waals surface area (Å²) in [5, 5.41) is 22.5. The van der Waals surface area contributed by atoms with Crippen LogP contribution < -0.4 is 5.32 Å². The molecule has 1 heterocycles. The zero-order chi connectivity index (χ0) is 22.9. The van der Waals surface area contributed by atoms with E-state index in [0.29, 0.717) is 10.7 Å². The number of aliphatic hydroxyl groups is 1. The molecule has 1 atom stereocenters. The maximum atomic E-state index is 14.2. The number of halogens is 4. The van der Waals surface area contributed by atoms with Crippen molar-refractivity contribution in [2.45, 2.75) is 43.5 Å². The first-order valence-electron chi connectivity index (χ1n) is 10.1. The summed E-state index contributed by atoms with van der Waals surface area (Å²) in [6, 6.07) is 7.67. The maximum Gasteiger partial charge on any atom is 0.254 e. The lowest BCUT2D eigenvalue weighted by Crippen LogP contribution is -2.48. The zero-order valence-electron chi connectivity index (χ0n) is 16.8. The first-order chi connectivity index (χ1) is 15.3. The van der Waals surface area contributed by atoms with Gasteiger partial charge in [-0.15, -0.1) is 0 Å². The Labute approximate surface area is 193 Å². The molecule has 1 aliphatic carbocycles. The van der Waals surface area contributed by atoms with Crippen molar-refractivity contribution in [2.24, 2.45) is 0 Å². The predicted octanol–water partition coefficient (Wildman–Crippen LogP) is 4.83. The summed E-state index contributed by atoms with van der Waals surface area (Å²) in [7, 11) is 0. The molecule has 6 nitrogen and oxygen atoms in total. The van der Waals surface area contributed by atoms with E-state index in [1.54, 1.807) is 0 Å². The number of carbonyl (C=O) groups is 1. The average Bonchev–Trinajstić information content (AvgIpc) is 3.31. The number of amides is 1. The van der Waals surface area contributed by atoms with E-state index in [9.17, 15) is 18.7 Å². The molecule has 2 aromatic carbocycles. The van der Waals surface area contributed by atoms with Gasteiger partial charge >= 0.3 is 0 Å². The predicted molar refractivity (Wildman–Crippen MR) is 116 cm³/mol. The molecule has 1 unspecified atom stereocenters. The Morgan fingerprint density at radius 3 is 2.56 bits per heavy atom. The van der Waals surface area contributed by atoms with Gasteiger partial charge in [-0.3, -0.25) is 4.79 Å². The highest BCUT2D eigenvalue weighted by atomic mass is 35.5. The fraction of sp³-hybridized carbons (Fsp3) is 0.318. The minimum absolute atomic E-state index is 0.0835. The second-order valence-electron chi connectivity index (χ2n) is 7.81. The molecule has 0 spiro atoms. The monoisotopic (exact) mass is 480 g/mol. The van der Waals surface area contributed by atoms with Crippen LogP contribution in [0.15, 0.2) is 48.8 Å². The lowest BCUT2D eigenvalue weighted by Gasteiger charge is -2.41. The quantitative estimate of drug-likeness (QED) is 0.548. The van der Waals surface area contributed by atoms with Crippen molar-refractivity contribution in [1.82, 2.24) is 20.3 Å². The number of aromatic nitrogens is 3. The summed E-state index contributed by atoms with van der Waals surface area (Å²) in [6.07, 6.45) is 2.29. The van der Waals surface area contributed by atoms with E-state index in [1.807, 2.05) is 0 Å². The van der Waals surface area contributed by atoms with Crippen molar-refractivity contribution in [2.75, 3.05) is 0 Å². The van der Waals surface area contributed by atoms with E-state index < -0.39 is 29.5 Å². The Kier molecular flexibility index (Phi) is 6.46. The summed E-state index contributed by atoms with van der Waals surface area (Å²) in [4.78, 5) is 14.6. The summed E-state index contributed by atoms with van der Waals surface area (Å²) >= 11 is 12.3. The molecule has 1 aromatic heterocycles. The van der Waals surface area contributed by atoms with E-state index in [4.69, 9.17) is 23.2 Å². The molecule has 32 heavy (non-hydrogen) atoms. The topological polar surface area (TPSA) is 80.0 Å². The third-order valence-corrected chi connectivity index (χ3v) is 6.36. The molecule has 2 N–H and O–H groups in total. The smallest absolute Gasteiger partial charge is 0.254 e. The minimum Gasteiger partial charge on any atom is -0.387 e. The number of benzene rings is 2.